The summed E-state index contributed by atoms with van der Waals surface area (Å²) in [6.07, 6.45) is 1.11. The summed E-state index contributed by atoms with van der Waals surface area (Å²) in [6, 6.07) is -5.28. The molecule has 0 saturated heterocycles. The first kappa shape index (κ1) is 30.1. The Hall–Kier alpha value is -2.91. The average Bonchev–Trinajstić information content (AvgIpc) is 2.74. The maximum Gasteiger partial charge on any atom is 0.326 e. The van der Waals surface area contributed by atoms with Crippen molar-refractivity contribution in [3.63, 3.8) is 0 Å². The largest absolute Gasteiger partial charge is 0.480 e. The molecular formula is C18H32N6O8S. The Morgan fingerprint density at radius 3 is 1.76 bits per heavy atom. The molecule has 0 aromatic rings. The van der Waals surface area contributed by atoms with Crippen LogP contribution >= 0.6 is 11.8 Å². The van der Waals surface area contributed by atoms with Crippen molar-refractivity contribution in [2.75, 3.05) is 18.6 Å². The Balaban J connectivity index is 5.25. The summed E-state index contributed by atoms with van der Waals surface area (Å²) in [5, 5.41) is 25.5. The highest BCUT2D eigenvalue weighted by molar-refractivity contribution is 7.98. The van der Waals surface area contributed by atoms with Crippen molar-refractivity contribution >= 4 is 47.3 Å². The predicted octanol–water partition coefficient (Wildman–Crippen LogP) is -3.87. The van der Waals surface area contributed by atoms with E-state index in [-0.39, 0.29) is 32.1 Å². The highest BCUT2D eigenvalue weighted by atomic mass is 32.2. The van der Waals surface area contributed by atoms with Crippen molar-refractivity contribution in [2.24, 2.45) is 17.2 Å². The highest BCUT2D eigenvalue weighted by Crippen LogP contribution is 2.04. The van der Waals surface area contributed by atoms with E-state index in [2.05, 4.69) is 16.0 Å². The number of carbonyl (C=O) groups excluding carboxylic acids is 5. The number of aliphatic hydroxyl groups is 1. The summed E-state index contributed by atoms with van der Waals surface area (Å²) < 4.78 is 0. The molecule has 5 amide bonds. The van der Waals surface area contributed by atoms with E-state index in [1.807, 2.05) is 0 Å². The standard InChI is InChI=1S/C18H32N6O8S/c1-33-7-6-11(18(31)32)23-17(30)12(8-25)24-16(29)10(3-5-14(21)27)22-15(28)9(19)2-4-13(20)26/h9-12,25H,2-8,19H2,1H3,(H2,20,26)(H2,21,27)(H,22,28)(H,23,30)(H,24,29)(H,31,32). The summed E-state index contributed by atoms with van der Waals surface area (Å²) in [6.45, 7) is -0.860. The number of primary amides is 2. The average molecular weight is 493 g/mol. The third-order valence-electron chi connectivity index (χ3n) is 4.39. The van der Waals surface area contributed by atoms with Gasteiger partial charge >= 0.3 is 5.97 Å². The van der Waals surface area contributed by atoms with E-state index in [0.717, 1.165) is 0 Å². The van der Waals surface area contributed by atoms with Crippen molar-refractivity contribution in [1.29, 1.82) is 0 Å². The van der Waals surface area contributed by atoms with Crippen LogP contribution in [0.2, 0.25) is 0 Å². The Morgan fingerprint density at radius 2 is 1.27 bits per heavy atom. The molecule has 33 heavy (non-hydrogen) atoms. The lowest BCUT2D eigenvalue weighted by molar-refractivity contribution is -0.142. The van der Waals surface area contributed by atoms with Gasteiger partial charge in [-0.25, -0.2) is 4.79 Å². The zero-order valence-electron chi connectivity index (χ0n) is 18.2. The van der Waals surface area contributed by atoms with Crippen molar-refractivity contribution in [3.8, 4) is 0 Å². The molecule has 0 aliphatic rings. The molecule has 0 aliphatic heterocycles. The molecule has 0 bridgehead atoms. The van der Waals surface area contributed by atoms with Crippen LogP contribution < -0.4 is 33.2 Å². The van der Waals surface area contributed by atoms with E-state index < -0.39 is 66.3 Å². The molecule has 188 valence electrons. The van der Waals surface area contributed by atoms with Crippen LogP contribution in [-0.4, -0.2) is 88.5 Å². The van der Waals surface area contributed by atoms with Crippen LogP contribution in [0.1, 0.15) is 32.1 Å². The quantitative estimate of drug-likeness (QED) is 0.0979. The van der Waals surface area contributed by atoms with Gasteiger partial charge in [0.25, 0.3) is 0 Å². The lowest BCUT2D eigenvalue weighted by atomic mass is 10.1. The van der Waals surface area contributed by atoms with Gasteiger partial charge in [-0.15, -0.1) is 0 Å². The molecule has 0 rings (SSSR count). The third-order valence-corrected chi connectivity index (χ3v) is 5.04. The smallest absolute Gasteiger partial charge is 0.326 e. The van der Waals surface area contributed by atoms with Gasteiger partial charge in [0.2, 0.25) is 29.5 Å². The van der Waals surface area contributed by atoms with E-state index in [1.54, 1.807) is 6.26 Å². The van der Waals surface area contributed by atoms with Crippen molar-refractivity contribution in [2.45, 2.75) is 56.3 Å². The summed E-state index contributed by atoms with van der Waals surface area (Å²) in [5.74, 6) is -4.95. The molecule has 4 unspecified atom stereocenters. The minimum Gasteiger partial charge on any atom is -0.480 e. The second kappa shape index (κ2) is 15.8. The van der Waals surface area contributed by atoms with Gasteiger partial charge in [0.1, 0.15) is 18.1 Å². The molecule has 0 fully saturated rings. The fourth-order valence-electron chi connectivity index (χ4n) is 2.49. The molecule has 0 aliphatic carbocycles. The van der Waals surface area contributed by atoms with E-state index in [1.165, 1.54) is 11.8 Å². The minimum absolute atomic E-state index is 0.0837. The van der Waals surface area contributed by atoms with Crippen LogP contribution in [0.15, 0.2) is 0 Å². The predicted molar refractivity (Wildman–Crippen MR) is 118 cm³/mol. The SMILES string of the molecule is CSCCC(NC(=O)C(CO)NC(=O)C(CCC(N)=O)NC(=O)C(N)CCC(N)=O)C(=O)O. The van der Waals surface area contributed by atoms with Gasteiger partial charge < -0.3 is 43.4 Å². The van der Waals surface area contributed by atoms with Crippen LogP contribution in [0.3, 0.4) is 0 Å². The number of amides is 5. The zero-order valence-corrected chi connectivity index (χ0v) is 19.1. The van der Waals surface area contributed by atoms with E-state index in [0.29, 0.717) is 5.75 Å². The summed E-state index contributed by atoms with van der Waals surface area (Å²) in [7, 11) is 0. The topological polar surface area (TPSA) is 257 Å². The normalized spacial score (nSPS) is 14.3. The molecule has 14 nitrogen and oxygen atoms in total. The second-order valence-electron chi connectivity index (χ2n) is 7.10. The number of aliphatic carboxylic acids is 1. The molecule has 0 heterocycles. The first-order valence-electron chi connectivity index (χ1n) is 9.98. The molecular weight excluding hydrogens is 460 g/mol. The Morgan fingerprint density at radius 1 is 0.788 bits per heavy atom. The van der Waals surface area contributed by atoms with Crippen molar-refractivity contribution in [1.82, 2.24) is 16.0 Å². The number of carboxylic acid groups (broad SMARTS) is 1. The van der Waals surface area contributed by atoms with E-state index >= 15 is 0 Å². The molecule has 11 N–H and O–H groups in total. The zero-order chi connectivity index (χ0) is 25.6. The number of hydrogen-bond donors (Lipinski definition) is 8. The summed E-state index contributed by atoms with van der Waals surface area (Å²) >= 11 is 1.38. The maximum atomic E-state index is 12.6. The number of hydrogen-bond acceptors (Lipinski definition) is 9. The van der Waals surface area contributed by atoms with E-state index in [9.17, 15) is 39.0 Å². The van der Waals surface area contributed by atoms with Crippen LogP contribution in [0.25, 0.3) is 0 Å². The molecule has 0 spiro atoms. The fraction of sp³-hybridized carbons (Fsp3) is 0.667. The highest BCUT2D eigenvalue weighted by Gasteiger charge is 2.30. The number of rotatable bonds is 17. The Bertz CT molecular complexity index is 722. The number of aliphatic hydroxyl groups excluding tert-OH is 1. The molecule has 4 atom stereocenters. The lowest BCUT2D eigenvalue weighted by Crippen LogP contribution is -2.58. The first-order valence-corrected chi connectivity index (χ1v) is 11.4. The number of carbonyl (C=O) groups is 6. The van der Waals surface area contributed by atoms with Gasteiger partial charge in [0, 0.05) is 12.8 Å². The van der Waals surface area contributed by atoms with Crippen LogP contribution in [0, 0.1) is 0 Å². The van der Waals surface area contributed by atoms with Gasteiger partial charge in [0.15, 0.2) is 0 Å². The number of nitrogens with two attached hydrogens (primary N) is 3. The van der Waals surface area contributed by atoms with Gasteiger partial charge in [-0.1, -0.05) is 0 Å². The Kier molecular flexibility index (Phi) is 14.4. The van der Waals surface area contributed by atoms with Crippen LogP contribution in [0.5, 0.6) is 0 Å². The first-order chi connectivity index (χ1) is 15.4. The Labute approximate surface area is 194 Å². The molecule has 0 aromatic heterocycles. The summed E-state index contributed by atoms with van der Waals surface area (Å²) in [5.41, 5.74) is 15.8. The van der Waals surface area contributed by atoms with Gasteiger partial charge in [0.05, 0.1) is 12.6 Å². The van der Waals surface area contributed by atoms with Gasteiger partial charge in [-0.05, 0) is 31.3 Å². The lowest BCUT2D eigenvalue weighted by Gasteiger charge is -2.24. The maximum absolute atomic E-state index is 12.6. The number of carboxylic acids is 1. The number of nitrogens with one attached hydrogen (secondary N) is 3. The second-order valence-corrected chi connectivity index (χ2v) is 8.09. The minimum atomic E-state index is -1.52. The number of thioether (sulfide) groups is 1. The van der Waals surface area contributed by atoms with Gasteiger partial charge in [-0.3, -0.25) is 24.0 Å². The monoisotopic (exact) mass is 492 g/mol. The molecule has 0 radical (unpaired) electrons. The third kappa shape index (κ3) is 12.6. The van der Waals surface area contributed by atoms with Gasteiger partial charge in [-0.2, -0.15) is 11.8 Å². The summed E-state index contributed by atoms with van der Waals surface area (Å²) in [4.78, 5) is 70.5. The van der Waals surface area contributed by atoms with Crippen LogP contribution in [0.4, 0.5) is 0 Å². The molecule has 0 aromatic carbocycles. The van der Waals surface area contributed by atoms with Crippen molar-refractivity contribution < 1.29 is 39.0 Å². The van der Waals surface area contributed by atoms with Crippen LogP contribution in [-0.2, 0) is 28.8 Å². The molecule has 15 heteroatoms. The van der Waals surface area contributed by atoms with E-state index in [4.69, 9.17) is 17.2 Å². The molecule has 0 saturated carbocycles. The van der Waals surface area contributed by atoms with Crippen molar-refractivity contribution in [3.05, 3.63) is 0 Å². The fourth-order valence-corrected chi connectivity index (χ4v) is 2.97.